The highest BCUT2D eigenvalue weighted by Gasteiger charge is 2.45. The van der Waals surface area contributed by atoms with Gasteiger partial charge in [-0.05, 0) is 26.7 Å². The van der Waals surface area contributed by atoms with E-state index in [1.807, 2.05) is 13.8 Å². The van der Waals surface area contributed by atoms with Crippen LogP contribution in [0.15, 0.2) is 0 Å². The van der Waals surface area contributed by atoms with Gasteiger partial charge in [-0.2, -0.15) is 13.2 Å². The molecule has 0 spiro atoms. The Bertz CT molecular complexity index is 287. The van der Waals surface area contributed by atoms with Crippen LogP contribution in [0, 0.1) is 5.92 Å². The molecule has 0 aromatic rings. The normalized spacial score (nSPS) is 28.1. The number of hydrogen-bond acceptors (Lipinski definition) is 3. The molecule has 1 fully saturated rings. The number of halogens is 3. The van der Waals surface area contributed by atoms with Gasteiger partial charge in [0.05, 0.1) is 0 Å². The molecular weight excluding hydrogens is 249 g/mol. The molecule has 0 aromatic carbocycles. The van der Waals surface area contributed by atoms with Crippen LogP contribution < -0.4 is 5.43 Å². The van der Waals surface area contributed by atoms with Gasteiger partial charge in [0.25, 0.3) is 0 Å². The van der Waals surface area contributed by atoms with Crippen molar-refractivity contribution in [2.75, 3.05) is 6.54 Å². The number of nitrogens with zero attached hydrogens (tertiary/aromatic N) is 1. The Morgan fingerprint density at radius 3 is 2.28 bits per heavy atom. The number of carbonyl (C=O) groups is 1. The molecule has 3 unspecified atom stereocenters. The zero-order valence-electron chi connectivity index (χ0n) is 10.5. The number of nitrogens with one attached hydrogen (secondary N) is 1. The maximum atomic E-state index is 12.5. The molecule has 1 aliphatic heterocycles. The van der Waals surface area contributed by atoms with Gasteiger partial charge in [-0.15, -0.1) is 0 Å². The van der Waals surface area contributed by atoms with Crippen LogP contribution >= 0.6 is 0 Å². The number of carboxylic acids is 1. The van der Waals surface area contributed by atoms with E-state index in [0.717, 1.165) is 19.3 Å². The van der Waals surface area contributed by atoms with Crippen LogP contribution in [-0.2, 0) is 4.79 Å². The minimum Gasteiger partial charge on any atom is -0.481 e. The smallest absolute Gasteiger partial charge is 0.403 e. The first-order valence-corrected chi connectivity index (χ1v) is 6.05. The van der Waals surface area contributed by atoms with E-state index in [2.05, 4.69) is 5.43 Å². The highest BCUT2D eigenvalue weighted by atomic mass is 19.4. The summed E-state index contributed by atoms with van der Waals surface area (Å²) in [6.07, 6.45) is -1.87. The molecule has 1 aliphatic rings. The summed E-state index contributed by atoms with van der Waals surface area (Å²) in [4.78, 5) is 10.6. The molecule has 0 amide bonds. The minimum atomic E-state index is -4.72. The van der Waals surface area contributed by atoms with Gasteiger partial charge in [-0.3, -0.25) is 10.2 Å². The monoisotopic (exact) mass is 268 g/mol. The first-order chi connectivity index (χ1) is 8.23. The summed E-state index contributed by atoms with van der Waals surface area (Å²) in [6, 6.07) is 0.243. The fourth-order valence-electron chi connectivity index (χ4n) is 2.27. The fourth-order valence-corrected chi connectivity index (χ4v) is 2.27. The van der Waals surface area contributed by atoms with Crippen molar-refractivity contribution in [3.8, 4) is 0 Å². The topological polar surface area (TPSA) is 52.6 Å². The number of hydrogen-bond donors (Lipinski definition) is 2. The van der Waals surface area contributed by atoms with Gasteiger partial charge in [0, 0.05) is 18.6 Å². The number of carboxylic acid groups (broad SMARTS) is 1. The van der Waals surface area contributed by atoms with Crippen molar-refractivity contribution in [3.63, 3.8) is 0 Å². The Hall–Kier alpha value is -0.820. The number of rotatable bonds is 4. The number of piperidine rings is 1. The molecule has 7 heteroatoms. The second-order valence-corrected chi connectivity index (χ2v) is 4.83. The van der Waals surface area contributed by atoms with Crippen LogP contribution in [0.1, 0.15) is 33.1 Å². The van der Waals surface area contributed by atoms with Crippen molar-refractivity contribution >= 4 is 5.97 Å². The van der Waals surface area contributed by atoms with E-state index >= 15 is 0 Å². The molecule has 0 saturated carbocycles. The van der Waals surface area contributed by atoms with Crippen molar-refractivity contribution < 1.29 is 23.1 Å². The first kappa shape index (κ1) is 15.2. The molecule has 106 valence electrons. The van der Waals surface area contributed by atoms with Crippen LogP contribution in [-0.4, -0.2) is 40.9 Å². The minimum absolute atomic E-state index is 0.122. The van der Waals surface area contributed by atoms with E-state index in [9.17, 15) is 18.0 Å². The summed E-state index contributed by atoms with van der Waals surface area (Å²) in [5.41, 5.74) is 2.64. The lowest BCUT2D eigenvalue weighted by molar-refractivity contribution is -0.195. The molecule has 4 nitrogen and oxygen atoms in total. The number of aliphatic carboxylic acids is 1. The predicted molar refractivity (Wildman–Crippen MR) is 59.8 cm³/mol. The van der Waals surface area contributed by atoms with Crippen LogP contribution in [0.3, 0.4) is 0 Å². The molecule has 1 heterocycles. The molecule has 3 atom stereocenters. The zero-order valence-corrected chi connectivity index (χ0v) is 10.5. The summed E-state index contributed by atoms with van der Waals surface area (Å²) in [5.74, 6) is -4.20. The van der Waals surface area contributed by atoms with Crippen molar-refractivity contribution in [3.05, 3.63) is 0 Å². The predicted octanol–water partition coefficient (Wildman–Crippen LogP) is 2.02. The molecule has 1 saturated heterocycles. The summed E-state index contributed by atoms with van der Waals surface area (Å²) in [5, 5.41) is 10.3. The third-order valence-electron chi connectivity index (χ3n) is 3.36. The lowest BCUT2D eigenvalue weighted by Crippen LogP contribution is -2.55. The number of hydrazine groups is 1. The molecule has 0 radical (unpaired) electrons. The van der Waals surface area contributed by atoms with Gasteiger partial charge in [0.1, 0.15) is 0 Å². The van der Waals surface area contributed by atoms with E-state index in [1.165, 1.54) is 0 Å². The van der Waals surface area contributed by atoms with Crippen LogP contribution in [0.4, 0.5) is 13.2 Å². The van der Waals surface area contributed by atoms with Gasteiger partial charge < -0.3 is 5.11 Å². The van der Waals surface area contributed by atoms with E-state index in [0.29, 0.717) is 0 Å². The zero-order chi connectivity index (χ0) is 13.9. The van der Waals surface area contributed by atoms with E-state index in [1.54, 1.807) is 5.01 Å². The van der Waals surface area contributed by atoms with Gasteiger partial charge in [-0.1, -0.05) is 6.42 Å². The van der Waals surface area contributed by atoms with Crippen molar-refractivity contribution in [2.45, 2.75) is 51.4 Å². The SMILES string of the molecule is CC1CCCC(C)N1NCC(C(=O)O)C(F)(F)F. The van der Waals surface area contributed by atoms with Crippen LogP contribution in [0.25, 0.3) is 0 Å². The molecular formula is C11H19F3N2O2. The van der Waals surface area contributed by atoms with E-state index in [-0.39, 0.29) is 12.1 Å². The largest absolute Gasteiger partial charge is 0.481 e. The highest BCUT2D eigenvalue weighted by molar-refractivity contribution is 5.71. The fraction of sp³-hybridized carbons (Fsp3) is 0.909. The number of alkyl halides is 3. The Morgan fingerprint density at radius 1 is 1.39 bits per heavy atom. The Balaban J connectivity index is 2.59. The van der Waals surface area contributed by atoms with E-state index in [4.69, 9.17) is 5.11 Å². The van der Waals surface area contributed by atoms with Gasteiger partial charge in [0.15, 0.2) is 5.92 Å². The van der Waals surface area contributed by atoms with Gasteiger partial charge >= 0.3 is 12.1 Å². The molecule has 2 N–H and O–H groups in total. The molecule has 0 aromatic heterocycles. The van der Waals surface area contributed by atoms with Crippen molar-refractivity contribution in [1.29, 1.82) is 0 Å². The first-order valence-electron chi connectivity index (χ1n) is 6.05. The summed E-state index contributed by atoms with van der Waals surface area (Å²) < 4.78 is 37.4. The van der Waals surface area contributed by atoms with Crippen molar-refractivity contribution in [2.24, 2.45) is 5.92 Å². The maximum absolute atomic E-state index is 12.5. The highest BCUT2D eigenvalue weighted by Crippen LogP contribution is 2.27. The molecule has 18 heavy (non-hydrogen) atoms. The summed E-state index contributed by atoms with van der Waals surface area (Å²) in [6.45, 7) is 3.23. The van der Waals surface area contributed by atoms with Gasteiger partial charge in [-0.25, -0.2) is 5.01 Å². The average molecular weight is 268 g/mol. The second-order valence-electron chi connectivity index (χ2n) is 4.83. The van der Waals surface area contributed by atoms with Crippen LogP contribution in [0.5, 0.6) is 0 Å². The Morgan fingerprint density at radius 2 is 1.89 bits per heavy atom. The molecule has 0 aliphatic carbocycles. The quantitative estimate of drug-likeness (QED) is 0.819. The summed E-state index contributed by atoms with van der Waals surface area (Å²) in [7, 11) is 0. The molecule has 0 bridgehead atoms. The molecule has 1 rings (SSSR count). The maximum Gasteiger partial charge on any atom is 0.403 e. The third kappa shape index (κ3) is 3.84. The van der Waals surface area contributed by atoms with Crippen molar-refractivity contribution in [1.82, 2.24) is 10.4 Å². The van der Waals surface area contributed by atoms with E-state index < -0.39 is 24.6 Å². The average Bonchev–Trinajstić information content (AvgIpc) is 2.19. The Kier molecular flexibility index (Phi) is 4.98. The standard InChI is InChI=1S/C11H19F3N2O2/c1-7-4-3-5-8(2)16(7)15-6-9(10(17)18)11(12,13)14/h7-9,15H,3-6H2,1-2H3,(H,17,18). The lowest BCUT2D eigenvalue weighted by Gasteiger charge is -2.39. The lowest BCUT2D eigenvalue weighted by atomic mass is 10.00. The Labute approximate surface area is 104 Å². The van der Waals surface area contributed by atoms with Gasteiger partial charge in [0.2, 0.25) is 0 Å². The third-order valence-corrected chi connectivity index (χ3v) is 3.36. The second kappa shape index (κ2) is 5.88. The van der Waals surface area contributed by atoms with Crippen LogP contribution in [0.2, 0.25) is 0 Å². The summed E-state index contributed by atoms with van der Waals surface area (Å²) >= 11 is 0.